The molecule has 2 heterocycles. The molecule has 3 heteroatoms. The van der Waals surface area contributed by atoms with E-state index < -0.39 is 0 Å². The second-order valence-electron chi connectivity index (χ2n) is 14.1. The van der Waals surface area contributed by atoms with Crippen molar-refractivity contribution >= 4 is 71.7 Å². The normalized spacial score (nSPS) is 11.6. The van der Waals surface area contributed by atoms with Crippen LogP contribution in [0, 0.1) is 0 Å². The molecule has 11 aromatic rings. The second-order valence-corrected chi connectivity index (χ2v) is 14.1. The van der Waals surface area contributed by atoms with Crippen LogP contribution in [-0.4, -0.2) is 0 Å². The lowest BCUT2D eigenvalue weighted by Gasteiger charge is -2.26. The fourth-order valence-electron chi connectivity index (χ4n) is 8.23. The molecule has 0 saturated carbocycles. The average Bonchev–Trinajstić information content (AvgIpc) is 3.84. The third-order valence-electron chi connectivity index (χ3n) is 10.9. The van der Waals surface area contributed by atoms with Gasteiger partial charge in [0.05, 0.1) is 0 Å². The van der Waals surface area contributed by atoms with Gasteiger partial charge in [-0.2, -0.15) is 0 Å². The summed E-state index contributed by atoms with van der Waals surface area (Å²) in [7, 11) is 0. The molecule has 0 bridgehead atoms. The first-order chi connectivity index (χ1) is 27.2. The zero-order valence-electron chi connectivity index (χ0n) is 29.8. The molecule has 0 unspecified atom stereocenters. The SMILES string of the molecule is c1ccc(-c2ccc(N(c3ccc(-c4ccc5ccc6oc7ccccc7c6c5c4)cc3)c3cccc(-c4cccc5oc6ccccc6c45)c3)cc2)cc1. The fourth-order valence-corrected chi connectivity index (χ4v) is 8.23. The third-order valence-corrected chi connectivity index (χ3v) is 10.9. The summed E-state index contributed by atoms with van der Waals surface area (Å²) in [6, 6.07) is 71.1. The number of furan rings is 2. The van der Waals surface area contributed by atoms with Gasteiger partial charge < -0.3 is 13.7 Å². The summed E-state index contributed by atoms with van der Waals surface area (Å²) in [5.74, 6) is 0. The number of benzene rings is 9. The van der Waals surface area contributed by atoms with Crippen LogP contribution in [-0.2, 0) is 0 Å². The van der Waals surface area contributed by atoms with E-state index in [0.717, 1.165) is 83.2 Å². The van der Waals surface area contributed by atoms with E-state index in [4.69, 9.17) is 8.83 Å². The molecule has 11 rings (SSSR count). The van der Waals surface area contributed by atoms with Gasteiger partial charge in [-0.15, -0.1) is 0 Å². The van der Waals surface area contributed by atoms with Gasteiger partial charge in [-0.1, -0.05) is 133 Å². The van der Waals surface area contributed by atoms with Gasteiger partial charge in [0, 0.05) is 38.6 Å². The molecule has 0 aliphatic rings. The second kappa shape index (κ2) is 12.6. The molecule has 0 amide bonds. The van der Waals surface area contributed by atoms with Crippen LogP contribution in [0.2, 0.25) is 0 Å². The standard InChI is InChI=1S/C52H33NO2/c1-2-10-34(11-3-1)35-22-27-40(28-23-35)53(42-13-8-12-39(32-42)43-16-9-19-49-51(43)44-14-4-6-17-47(44)54-49)41-29-24-36(25-30-41)38-21-20-37-26-31-50-52(46(37)33-38)45-15-5-7-18-48(45)55-50/h1-33H. The zero-order valence-corrected chi connectivity index (χ0v) is 29.8. The molecule has 0 atom stereocenters. The molecule has 0 radical (unpaired) electrons. The van der Waals surface area contributed by atoms with Gasteiger partial charge in [0.15, 0.2) is 0 Å². The van der Waals surface area contributed by atoms with E-state index in [1.807, 2.05) is 24.3 Å². The molecule has 3 nitrogen and oxygen atoms in total. The van der Waals surface area contributed by atoms with Crippen molar-refractivity contribution in [3.8, 4) is 33.4 Å². The zero-order chi connectivity index (χ0) is 36.3. The minimum absolute atomic E-state index is 0.892. The van der Waals surface area contributed by atoms with Crippen LogP contribution in [0.15, 0.2) is 209 Å². The Morgan fingerprint density at radius 1 is 0.291 bits per heavy atom. The first kappa shape index (κ1) is 31.2. The third kappa shape index (κ3) is 5.28. The molecule has 0 spiro atoms. The van der Waals surface area contributed by atoms with Gasteiger partial charge in [0.25, 0.3) is 0 Å². The van der Waals surface area contributed by atoms with E-state index in [-0.39, 0.29) is 0 Å². The van der Waals surface area contributed by atoms with Crippen molar-refractivity contribution in [1.82, 2.24) is 0 Å². The quantitative estimate of drug-likeness (QED) is 0.173. The lowest BCUT2D eigenvalue weighted by atomic mass is 9.97. The van der Waals surface area contributed by atoms with Gasteiger partial charge in [0.1, 0.15) is 22.3 Å². The minimum atomic E-state index is 0.892. The van der Waals surface area contributed by atoms with Gasteiger partial charge in [-0.05, 0) is 111 Å². The highest BCUT2D eigenvalue weighted by Crippen LogP contribution is 2.42. The van der Waals surface area contributed by atoms with Gasteiger partial charge in [0.2, 0.25) is 0 Å². The summed E-state index contributed by atoms with van der Waals surface area (Å²) < 4.78 is 12.5. The number of hydrogen-bond acceptors (Lipinski definition) is 3. The summed E-state index contributed by atoms with van der Waals surface area (Å²) in [6.07, 6.45) is 0. The Morgan fingerprint density at radius 2 is 0.818 bits per heavy atom. The molecule has 0 aliphatic carbocycles. The van der Waals surface area contributed by atoms with E-state index in [9.17, 15) is 0 Å². The van der Waals surface area contributed by atoms with Crippen molar-refractivity contribution in [1.29, 1.82) is 0 Å². The Balaban J connectivity index is 1.03. The number of fused-ring (bicyclic) bond motifs is 8. The van der Waals surface area contributed by atoms with Crippen molar-refractivity contribution in [2.75, 3.05) is 4.90 Å². The van der Waals surface area contributed by atoms with Crippen molar-refractivity contribution in [2.24, 2.45) is 0 Å². The van der Waals surface area contributed by atoms with E-state index in [1.54, 1.807) is 0 Å². The van der Waals surface area contributed by atoms with Crippen LogP contribution in [0.25, 0.3) is 88.0 Å². The van der Waals surface area contributed by atoms with E-state index in [1.165, 1.54) is 21.9 Å². The first-order valence-electron chi connectivity index (χ1n) is 18.7. The number of para-hydroxylation sites is 2. The molecular formula is C52H33NO2. The van der Waals surface area contributed by atoms with Gasteiger partial charge >= 0.3 is 0 Å². The van der Waals surface area contributed by atoms with Crippen LogP contribution in [0.4, 0.5) is 17.1 Å². The molecule has 0 aliphatic heterocycles. The Morgan fingerprint density at radius 3 is 1.55 bits per heavy atom. The molecule has 0 saturated heterocycles. The Bertz CT molecular complexity index is 3190. The summed E-state index contributed by atoms with van der Waals surface area (Å²) in [5, 5.41) is 6.96. The van der Waals surface area contributed by atoms with E-state index in [2.05, 4.69) is 181 Å². The number of anilines is 3. The van der Waals surface area contributed by atoms with Gasteiger partial charge in [-0.25, -0.2) is 0 Å². The lowest BCUT2D eigenvalue weighted by Crippen LogP contribution is -2.10. The smallest absolute Gasteiger partial charge is 0.136 e. The maximum absolute atomic E-state index is 6.27. The van der Waals surface area contributed by atoms with Crippen molar-refractivity contribution in [3.05, 3.63) is 200 Å². The molecule has 9 aromatic carbocycles. The summed E-state index contributed by atoms with van der Waals surface area (Å²) in [5.41, 5.74) is 13.8. The van der Waals surface area contributed by atoms with Crippen LogP contribution in [0.1, 0.15) is 0 Å². The lowest BCUT2D eigenvalue weighted by molar-refractivity contribution is 0.668. The largest absolute Gasteiger partial charge is 0.456 e. The maximum atomic E-state index is 6.27. The molecule has 0 N–H and O–H groups in total. The topological polar surface area (TPSA) is 29.5 Å². The van der Waals surface area contributed by atoms with Gasteiger partial charge in [-0.3, -0.25) is 0 Å². The van der Waals surface area contributed by atoms with Crippen LogP contribution in [0.3, 0.4) is 0 Å². The average molecular weight is 704 g/mol. The Kier molecular flexibility index (Phi) is 7.17. The predicted octanol–water partition coefficient (Wildman–Crippen LogP) is 15.1. The molecule has 55 heavy (non-hydrogen) atoms. The fraction of sp³-hybridized carbons (Fsp3) is 0. The highest BCUT2D eigenvalue weighted by Gasteiger charge is 2.17. The van der Waals surface area contributed by atoms with Crippen LogP contribution >= 0.6 is 0 Å². The number of rotatable bonds is 6. The minimum Gasteiger partial charge on any atom is -0.456 e. The highest BCUT2D eigenvalue weighted by molar-refractivity contribution is 6.19. The number of nitrogens with zero attached hydrogens (tertiary/aromatic N) is 1. The summed E-state index contributed by atoms with van der Waals surface area (Å²) in [4.78, 5) is 2.34. The first-order valence-corrected chi connectivity index (χ1v) is 18.7. The Hall–Kier alpha value is -7.36. The molecule has 2 aromatic heterocycles. The van der Waals surface area contributed by atoms with Crippen molar-refractivity contribution in [2.45, 2.75) is 0 Å². The molecule has 258 valence electrons. The van der Waals surface area contributed by atoms with Crippen LogP contribution in [0.5, 0.6) is 0 Å². The predicted molar refractivity (Wildman–Crippen MR) is 229 cm³/mol. The van der Waals surface area contributed by atoms with Crippen molar-refractivity contribution < 1.29 is 8.83 Å². The van der Waals surface area contributed by atoms with Crippen LogP contribution < -0.4 is 4.90 Å². The monoisotopic (exact) mass is 703 g/mol. The molecular weight excluding hydrogens is 671 g/mol. The summed E-state index contributed by atoms with van der Waals surface area (Å²) >= 11 is 0. The Labute approximate surface area is 317 Å². The van der Waals surface area contributed by atoms with E-state index in [0.29, 0.717) is 0 Å². The van der Waals surface area contributed by atoms with E-state index >= 15 is 0 Å². The van der Waals surface area contributed by atoms with Crippen molar-refractivity contribution in [3.63, 3.8) is 0 Å². The maximum Gasteiger partial charge on any atom is 0.136 e. The highest BCUT2D eigenvalue weighted by atomic mass is 16.3. The number of hydrogen-bond donors (Lipinski definition) is 0. The molecule has 0 fully saturated rings. The summed E-state index contributed by atoms with van der Waals surface area (Å²) in [6.45, 7) is 0.